The summed E-state index contributed by atoms with van der Waals surface area (Å²) in [6.07, 6.45) is 2.98. The van der Waals surface area contributed by atoms with E-state index in [0.717, 1.165) is 0 Å². The third kappa shape index (κ3) is 3.87. The molecule has 0 saturated heterocycles. The molecule has 0 aliphatic heterocycles. The first-order valence-corrected chi connectivity index (χ1v) is 9.72. The van der Waals surface area contributed by atoms with Gasteiger partial charge in [-0.2, -0.15) is 10.2 Å². The Labute approximate surface area is 156 Å². The maximum atomic E-state index is 12.8. The topological polar surface area (TPSA) is 135 Å². The van der Waals surface area contributed by atoms with Gasteiger partial charge in [0.05, 0.1) is 29.9 Å². The lowest BCUT2D eigenvalue weighted by Crippen LogP contribution is -2.25. The molecule has 0 bridgehead atoms. The van der Waals surface area contributed by atoms with E-state index in [2.05, 4.69) is 25.3 Å². The number of sulfonamides is 1. The molecule has 3 aromatic heterocycles. The summed E-state index contributed by atoms with van der Waals surface area (Å²) >= 11 is 0. The van der Waals surface area contributed by atoms with Crippen molar-refractivity contribution in [2.45, 2.75) is 38.8 Å². The van der Waals surface area contributed by atoms with Crippen LogP contribution in [0, 0.1) is 13.8 Å². The van der Waals surface area contributed by atoms with Gasteiger partial charge in [-0.25, -0.2) is 8.42 Å². The largest absolute Gasteiger partial charge is 0.467 e. The number of rotatable bonds is 7. The fourth-order valence-electron chi connectivity index (χ4n) is 2.62. The van der Waals surface area contributed by atoms with Crippen LogP contribution in [0.5, 0.6) is 0 Å². The molecule has 0 radical (unpaired) electrons. The zero-order chi connectivity index (χ0) is 19.6. The maximum absolute atomic E-state index is 12.8. The molecule has 3 rings (SSSR count). The number of anilines is 1. The first-order chi connectivity index (χ1) is 12.8. The van der Waals surface area contributed by atoms with Gasteiger partial charge in [0.25, 0.3) is 15.9 Å². The molecular formula is C16H20N6O4S. The highest BCUT2D eigenvalue weighted by Gasteiger charge is 2.26. The molecule has 3 aromatic rings. The average Bonchev–Trinajstić information content (AvgIpc) is 3.33. The predicted molar refractivity (Wildman–Crippen MR) is 96.6 cm³/mol. The van der Waals surface area contributed by atoms with Crippen molar-refractivity contribution in [3.8, 4) is 0 Å². The Balaban J connectivity index is 1.87. The molecule has 0 aliphatic carbocycles. The molecule has 3 N–H and O–H groups in total. The molecule has 0 unspecified atom stereocenters. The lowest BCUT2D eigenvalue weighted by Gasteiger charge is -2.08. The van der Waals surface area contributed by atoms with E-state index in [1.54, 1.807) is 26.0 Å². The van der Waals surface area contributed by atoms with Crippen LogP contribution in [-0.4, -0.2) is 34.3 Å². The number of carbonyl (C=O) groups excluding carboxylic acids is 1. The van der Waals surface area contributed by atoms with Crippen LogP contribution < -0.4 is 10.0 Å². The molecule has 0 aromatic carbocycles. The SMILES string of the molecule is CCn1cc(NS(=O)(=O)c2c(C)n[nH]c2C)c(C(=O)NCc2ccco2)n1. The summed E-state index contributed by atoms with van der Waals surface area (Å²) in [6, 6.07) is 3.43. The Hall–Kier alpha value is -3.08. The van der Waals surface area contributed by atoms with Crippen molar-refractivity contribution < 1.29 is 17.6 Å². The summed E-state index contributed by atoms with van der Waals surface area (Å²) in [5, 5.41) is 13.4. The second-order valence-electron chi connectivity index (χ2n) is 5.88. The van der Waals surface area contributed by atoms with Crippen LogP contribution in [0.2, 0.25) is 0 Å². The van der Waals surface area contributed by atoms with E-state index in [-0.39, 0.29) is 22.8 Å². The molecule has 10 nitrogen and oxygen atoms in total. The van der Waals surface area contributed by atoms with Crippen molar-refractivity contribution >= 4 is 21.6 Å². The molecule has 11 heteroatoms. The first-order valence-electron chi connectivity index (χ1n) is 8.24. The van der Waals surface area contributed by atoms with E-state index in [0.29, 0.717) is 23.7 Å². The molecule has 0 fully saturated rings. The zero-order valence-electron chi connectivity index (χ0n) is 15.1. The number of nitrogens with one attached hydrogen (secondary N) is 3. The summed E-state index contributed by atoms with van der Waals surface area (Å²) in [7, 11) is -3.94. The highest BCUT2D eigenvalue weighted by Crippen LogP contribution is 2.23. The van der Waals surface area contributed by atoms with Gasteiger partial charge in [-0.15, -0.1) is 0 Å². The molecule has 3 heterocycles. The molecule has 1 amide bonds. The monoisotopic (exact) mass is 392 g/mol. The number of nitrogens with zero attached hydrogens (tertiary/aromatic N) is 3. The van der Waals surface area contributed by atoms with Crippen LogP contribution in [0.4, 0.5) is 5.69 Å². The number of hydrogen-bond donors (Lipinski definition) is 3. The van der Waals surface area contributed by atoms with Crippen molar-refractivity contribution in [1.29, 1.82) is 0 Å². The molecule has 0 aliphatic rings. The van der Waals surface area contributed by atoms with Crippen LogP contribution in [0.25, 0.3) is 0 Å². The molecular weight excluding hydrogens is 372 g/mol. The second kappa shape index (κ2) is 7.27. The van der Waals surface area contributed by atoms with Crippen molar-refractivity contribution in [1.82, 2.24) is 25.3 Å². The van der Waals surface area contributed by atoms with Gasteiger partial charge in [0, 0.05) is 12.7 Å². The van der Waals surface area contributed by atoms with E-state index in [9.17, 15) is 13.2 Å². The van der Waals surface area contributed by atoms with Crippen molar-refractivity contribution in [2.24, 2.45) is 0 Å². The van der Waals surface area contributed by atoms with E-state index in [1.165, 1.54) is 17.1 Å². The van der Waals surface area contributed by atoms with E-state index in [1.807, 2.05) is 6.92 Å². The van der Waals surface area contributed by atoms with Gasteiger partial charge < -0.3 is 9.73 Å². The number of H-pyrrole nitrogens is 1. The van der Waals surface area contributed by atoms with Crippen LogP contribution in [-0.2, 0) is 23.1 Å². The highest BCUT2D eigenvalue weighted by atomic mass is 32.2. The Morgan fingerprint density at radius 3 is 2.74 bits per heavy atom. The van der Waals surface area contributed by atoms with Crippen LogP contribution in [0.1, 0.15) is 34.6 Å². The zero-order valence-corrected chi connectivity index (χ0v) is 15.9. The van der Waals surface area contributed by atoms with Gasteiger partial charge in [0.2, 0.25) is 0 Å². The quantitative estimate of drug-likeness (QED) is 0.558. The first kappa shape index (κ1) is 18.7. The Morgan fingerprint density at radius 2 is 2.15 bits per heavy atom. The second-order valence-corrected chi connectivity index (χ2v) is 7.50. The number of aromatic nitrogens is 4. The minimum Gasteiger partial charge on any atom is -0.467 e. The number of aromatic amines is 1. The number of hydrogen-bond acceptors (Lipinski definition) is 6. The number of carbonyl (C=O) groups is 1. The van der Waals surface area contributed by atoms with Gasteiger partial charge in [0.15, 0.2) is 5.69 Å². The van der Waals surface area contributed by atoms with Crippen LogP contribution in [0.15, 0.2) is 33.9 Å². The number of furan rings is 1. The lowest BCUT2D eigenvalue weighted by molar-refractivity contribution is 0.0943. The van der Waals surface area contributed by atoms with E-state index < -0.39 is 15.9 Å². The minimum atomic E-state index is -3.94. The summed E-state index contributed by atoms with van der Waals surface area (Å²) in [5.41, 5.74) is 0.818. The van der Waals surface area contributed by atoms with Crippen LogP contribution >= 0.6 is 0 Å². The predicted octanol–water partition coefficient (Wildman–Crippen LogP) is 1.57. The molecule has 27 heavy (non-hydrogen) atoms. The molecule has 0 spiro atoms. The minimum absolute atomic E-state index is 0.0224. The number of aryl methyl sites for hydroxylation is 3. The fraction of sp³-hybridized carbons (Fsp3) is 0.312. The van der Waals surface area contributed by atoms with Gasteiger partial charge >= 0.3 is 0 Å². The van der Waals surface area contributed by atoms with Crippen molar-refractivity contribution in [3.05, 3.63) is 47.4 Å². The summed E-state index contributed by atoms with van der Waals surface area (Å²) < 4.78 is 34.6. The normalized spacial score (nSPS) is 11.5. The van der Waals surface area contributed by atoms with Gasteiger partial charge in [-0.1, -0.05) is 0 Å². The summed E-state index contributed by atoms with van der Waals surface area (Å²) in [6.45, 7) is 5.67. The third-order valence-corrected chi connectivity index (χ3v) is 5.51. The van der Waals surface area contributed by atoms with Crippen LogP contribution in [0.3, 0.4) is 0 Å². The Morgan fingerprint density at radius 1 is 1.37 bits per heavy atom. The number of amides is 1. The fourth-order valence-corrected chi connectivity index (χ4v) is 4.05. The van der Waals surface area contributed by atoms with Gasteiger partial charge in [0.1, 0.15) is 10.7 Å². The van der Waals surface area contributed by atoms with Crippen molar-refractivity contribution in [3.63, 3.8) is 0 Å². The highest BCUT2D eigenvalue weighted by molar-refractivity contribution is 7.92. The Bertz CT molecular complexity index is 1030. The molecule has 144 valence electrons. The summed E-state index contributed by atoms with van der Waals surface area (Å²) in [5.74, 6) is 0.0574. The molecule has 0 atom stereocenters. The van der Waals surface area contributed by atoms with Gasteiger partial charge in [-0.3, -0.25) is 19.3 Å². The standard InChI is InChI=1S/C16H20N6O4S/c1-4-22-9-13(21-27(24,25)15-10(2)18-19-11(15)3)14(20-22)16(23)17-8-12-6-5-7-26-12/h5-7,9,21H,4,8H2,1-3H3,(H,17,23)(H,18,19). The van der Waals surface area contributed by atoms with E-state index in [4.69, 9.17) is 4.42 Å². The smallest absolute Gasteiger partial charge is 0.274 e. The summed E-state index contributed by atoms with van der Waals surface area (Å²) in [4.78, 5) is 12.6. The van der Waals surface area contributed by atoms with E-state index >= 15 is 0 Å². The lowest BCUT2D eigenvalue weighted by atomic mass is 10.3. The van der Waals surface area contributed by atoms with Crippen molar-refractivity contribution in [2.75, 3.05) is 4.72 Å². The third-order valence-electron chi connectivity index (χ3n) is 3.88. The Kier molecular flexibility index (Phi) is 5.04. The van der Waals surface area contributed by atoms with Gasteiger partial charge in [-0.05, 0) is 32.9 Å². The average molecular weight is 392 g/mol. The maximum Gasteiger partial charge on any atom is 0.274 e. The molecule has 0 saturated carbocycles.